The average molecular weight is 259 g/mol. The maximum atomic E-state index is 5.78. The topological polar surface area (TPSA) is 90.7 Å². The van der Waals surface area contributed by atoms with E-state index in [4.69, 9.17) is 10.3 Å². The first-order valence-electron chi connectivity index (χ1n) is 6.60. The number of rotatable bonds is 3. The van der Waals surface area contributed by atoms with Crippen LogP contribution in [0.25, 0.3) is 11.6 Å². The van der Waals surface area contributed by atoms with Crippen LogP contribution in [0.5, 0.6) is 0 Å². The van der Waals surface area contributed by atoms with Gasteiger partial charge in [0.2, 0.25) is 17.5 Å². The summed E-state index contributed by atoms with van der Waals surface area (Å²) in [6, 6.07) is 0. The molecule has 0 spiro atoms. The molecular formula is C13H17N5O. The molecular weight excluding hydrogens is 242 g/mol. The van der Waals surface area contributed by atoms with Crippen LogP contribution in [0.4, 0.5) is 0 Å². The standard InChI is InChI=1S/C13H17N5O/c1-8-6-15-11(16-7-8)12-17-13(19-18-12)10-4-2-3-9(10)5-14/h6-7,9-10H,2-5,14H2,1H3. The molecule has 2 heterocycles. The van der Waals surface area contributed by atoms with Gasteiger partial charge in [0.15, 0.2) is 0 Å². The fourth-order valence-corrected chi connectivity index (χ4v) is 2.63. The zero-order valence-corrected chi connectivity index (χ0v) is 10.9. The van der Waals surface area contributed by atoms with Gasteiger partial charge in [-0.3, -0.25) is 0 Å². The largest absolute Gasteiger partial charge is 0.339 e. The molecule has 2 N–H and O–H groups in total. The zero-order valence-electron chi connectivity index (χ0n) is 10.9. The number of hydrogen-bond donors (Lipinski definition) is 1. The Morgan fingerprint density at radius 1 is 1.26 bits per heavy atom. The van der Waals surface area contributed by atoms with Crippen LogP contribution >= 0.6 is 0 Å². The van der Waals surface area contributed by atoms with E-state index >= 15 is 0 Å². The van der Waals surface area contributed by atoms with Crippen LogP contribution in [0.1, 0.15) is 36.6 Å². The lowest BCUT2D eigenvalue weighted by atomic mass is 9.96. The molecule has 0 saturated heterocycles. The predicted molar refractivity (Wildman–Crippen MR) is 69.2 cm³/mol. The summed E-state index contributed by atoms with van der Waals surface area (Å²) in [5, 5.41) is 3.98. The third-order valence-electron chi connectivity index (χ3n) is 3.70. The first-order chi connectivity index (χ1) is 9.28. The number of nitrogens with zero attached hydrogens (tertiary/aromatic N) is 4. The lowest BCUT2D eigenvalue weighted by molar-refractivity contribution is 0.325. The van der Waals surface area contributed by atoms with Gasteiger partial charge in [-0.1, -0.05) is 11.6 Å². The third-order valence-corrected chi connectivity index (χ3v) is 3.70. The Hall–Kier alpha value is -1.82. The second kappa shape index (κ2) is 5.05. The van der Waals surface area contributed by atoms with Gasteiger partial charge in [0.05, 0.1) is 0 Å². The molecule has 1 fully saturated rings. The van der Waals surface area contributed by atoms with Crippen LogP contribution in [0.3, 0.4) is 0 Å². The fourth-order valence-electron chi connectivity index (χ4n) is 2.63. The van der Waals surface area contributed by atoms with Gasteiger partial charge in [-0.2, -0.15) is 4.98 Å². The molecule has 3 rings (SSSR count). The van der Waals surface area contributed by atoms with Gasteiger partial charge in [0.1, 0.15) is 0 Å². The predicted octanol–water partition coefficient (Wildman–Crippen LogP) is 1.68. The quantitative estimate of drug-likeness (QED) is 0.901. The van der Waals surface area contributed by atoms with E-state index in [1.165, 1.54) is 6.42 Å². The van der Waals surface area contributed by atoms with Crippen LogP contribution in [-0.4, -0.2) is 26.7 Å². The summed E-state index contributed by atoms with van der Waals surface area (Å²) in [7, 11) is 0. The van der Waals surface area contributed by atoms with Gasteiger partial charge in [0.25, 0.3) is 0 Å². The molecule has 1 aliphatic rings. The molecule has 6 heteroatoms. The van der Waals surface area contributed by atoms with Crippen molar-refractivity contribution in [2.24, 2.45) is 11.7 Å². The van der Waals surface area contributed by atoms with Crippen molar-refractivity contribution in [2.45, 2.75) is 32.1 Å². The SMILES string of the molecule is Cc1cnc(-c2noc(C3CCCC3CN)n2)nc1. The highest BCUT2D eigenvalue weighted by Gasteiger charge is 2.32. The van der Waals surface area contributed by atoms with Crippen LogP contribution in [0, 0.1) is 12.8 Å². The Bertz CT molecular complexity index is 550. The molecule has 1 aliphatic carbocycles. The smallest absolute Gasteiger partial charge is 0.240 e. The van der Waals surface area contributed by atoms with Crippen molar-refractivity contribution in [3.63, 3.8) is 0 Å². The molecule has 2 atom stereocenters. The van der Waals surface area contributed by atoms with Crippen molar-refractivity contribution >= 4 is 0 Å². The highest BCUT2D eigenvalue weighted by molar-refractivity contribution is 5.41. The molecule has 0 aromatic carbocycles. The second-order valence-electron chi connectivity index (χ2n) is 5.07. The molecule has 0 amide bonds. The number of aryl methyl sites for hydroxylation is 1. The maximum absolute atomic E-state index is 5.78. The van der Waals surface area contributed by atoms with Gasteiger partial charge < -0.3 is 10.3 Å². The zero-order chi connectivity index (χ0) is 13.2. The van der Waals surface area contributed by atoms with E-state index in [0.717, 1.165) is 18.4 Å². The van der Waals surface area contributed by atoms with Gasteiger partial charge in [0, 0.05) is 18.3 Å². The van der Waals surface area contributed by atoms with Crippen molar-refractivity contribution in [2.75, 3.05) is 6.54 Å². The Labute approximate surface area is 111 Å². The molecule has 0 radical (unpaired) electrons. The summed E-state index contributed by atoms with van der Waals surface area (Å²) >= 11 is 0. The minimum atomic E-state index is 0.289. The molecule has 0 bridgehead atoms. The van der Waals surface area contributed by atoms with Gasteiger partial charge >= 0.3 is 0 Å². The minimum absolute atomic E-state index is 0.289. The van der Waals surface area contributed by atoms with Crippen LogP contribution in [-0.2, 0) is 0 Å². The Morgan fingerprint density at radius 3 is 2.79 bits per heavy atom. The average Bonchev–Trinajstić information content (AvgIpc) is 3.07. The summed E-state index contributed by atoms with van der Waals surface area (Å²) in [5.41, 5.74) is 6.79. The highest BCUT2D eigenvalue weighted by atomic mass is 16.5. The lowest BCUT2D eigenvalue weighted by Crippen LogP contribution is -2.17. The highest BCUT2D eigenvalue weighted by Crippen LogP contribution is 2.38. The Kier molecular flexibility index (Phi) is 3.25. The van der Waals surface area contributed by atoms with E-state index in [9.17, 15) is 0 Å². The summed E-state index contributed by atoms with van der Waals surface area (Å²) in [6.07, 6.45) is 6.87. The van der Waals surface area contributed by atoms with Crippen molar-refractivity contribution in [3.8, 4) is 11.6 Å². The van der Waals surface area contributed by atoms with Crippen molar-refractivity contribution in [1.29, 1.82) is 0 Å². The van der Waals surface area contributed by atoms with E-state index in [1.54, 1.807) is 12.4 Å². The Balaban J connectivity index is 1.85. The maximum Gasteiger partial charge on any atom is 0.240 e. The van der Waals surface area contributed by atoms with E-state index in [2.05, 4.69) is 20.1 Å². The third kappa shape index (κ3) is 2.35. The number of hydrogen-bond acceptors (Lipinski definition) is 6. The van der Waals surface area contributed by atoms with E-state index in [-0.39, 0.29) is 5.92 Å². The second-order valence-corrected chi connectivity index (χ2v) is 5.07. The molecule has 19 heavy (non-hydrogen) atoms. The summed E-state index contributed by atoms with van der Waals surface area (Å²) in [6.45, 7) is 2.61. The van der Waals surface area contributed by atoms with Crippen molar-refractivity contribution in [1.82, 2.24) is 20.1 Å². The minimum Gasteiger partial charge on any atom is -0.339 e. The first-order valence-corrected chi connectivity index (χ1v) is 6.60. The van der Waals surface area contributed by atoms with Gasteiger partial charge in [-0.05, 0) is 37.8 Å². The van der Waals surface area contributed by atoms with Crippen LogP contribution in [0.2, 0.25) is 0 Å². The van der Waals surface area contributed by atoms with Gasteiger partial charge in [-0.25, -0.2) is 9.97 Å². The summed E-state index contributed by atoms with van der Waals surface area (Å²) in [4.78, 5) is 12.8. The first kappa shape index (κ1) is 12.2. The van der Waals surface area contributed by atoms with Crippen molar-refractivity contribution in [3.05, 3.63) is 23.8 Å². The van der Waals surface area contributed by atoms with E-state index in [1.807, 2.05) is 6.92 Å². The number of nitrogens with two attached hydrogens (primary N) is 1. The molecule has 0 aliphatic heterocycles. The van der Waals surface area contributed by atoms with E-state index in [0.29, 0.717) is 30.0 Å². The molecule has 2 aromatic rings. The summed E-state index contributed by atoms with van der Waals surface area (Å²) < 4.78 is 5.37. The monoisotopic (exact) mass is 259 g/mol. The number of aromatic nitrogens is 4. The Morgan fingerprint density at radius 2 is 2.05 bits per heavy atom. The van der Waals surface area contributed by atoms with Crippen LogP contribution < -0.4 is 5.73 Å². The molecule has 100 valence electrons. The molecule has 2 unspecified atom stereocenters. The molecule has 2 aromatic heterocycles. The normalized spacial score (nSPS) is 22.8. The van der Waals surface area contributed by atoms with Crippen LogP contribution in [0.15, 0.2) is 16.9 Å². The van der Waals surface area contributed by atoms with Gasteiger partial charge in [-0.15, -0.1) is 0 Å². The molecule has 1 saturated carbocycles. The van der Waals surface area contributed by atoms with E-state index < -0.39 is 0 Å². The lowest BCUT2D eigenvalue weighted by Gasteiger charge is -2.12. The summed E-state index contributed by atoms with van der Waals surface area (Å²) in [5.74, 6) is 2.37. The van der Waals surface area contributed by atoms with Crippen molar-refractivity contribution < 1.29 is 4.52 Å². The molecule has 6 nitrogen and oxygen atoms in total. The fraction of sp³-hybridized carbons (Fsp3) is 0.538.